The number of fused-ring (bicyclic) bond motifs is 1. The van der Waals surface area contributed by atoms with Crippen LogP contribution in [-0.2, 0) is 0 Å². The fraction of sp³-hybridized carbons (Fsp3) is 0.0588. The number of hydrogen-bond donors (Lipinski definition) is 1. The van der Waals surface area contributed by atoms with Crippen LogP contribution in [0.3, 0.4) is 0 Å². The van der Waals surface area contributed by atoms with Gasteiger partial charge in [-0.25, -0.2) is 5.43 Å². The number of nitro benzene ring substituents is 1. The summed E-state index contributed by atoms with van der Waals surface area (Å²) in [6.07, 6.45) is 1.46. The number of rotatable bonds is 5. The lowest BCUT2D eigenvalue weighted by atomic mass is 10.2. The number of hydrazone groups is 1. The van der Waals surface area contributed by atoms with Gasteiger partial charge < -0.3 is 4.74 Å². The van der Waals surface area contributed by atoms with Crippen LogP contribution >= 0.6 is 22.9 Å². The highest BCUT2D eigenvalue weighted by atomic mass is 35.5. The monoisotopic (exact) mass is 389 g/mol. The van der Waals surface area contributed by atoms with Gasteiger partial charge in [0.2, 0.25) is 0 Å². The van der Waals surface area contributed by atoms with Crippen LogP contribution in [0.4, 0.5) is 5.69 Å². The number of nitro groups is 1. The maximum Gasteiger partial charge on any atom is 0.281 e. The predicted molar refractivity (Wildman–Crippen MR) is 102 cm³/mol. The molecule has 0 saturated heterocycles. The summed E-state index contributed by atoms with van der Waals surface area (Å²) in [5.74, 6) is 0.150. The molecule has 1 N–H and O–H groups in total. The van der Waals surface area contributed by atoms with Crippen molar-refractivity contribution >= 4 is 50.8 Å². The van der Waals surface area contributed by atoms with Gasteiger partial charge in [0.05, 0.1) is 28.1 Å². The van der Waals surface area contributed by atoms with E-state index in [9.17, 15) is 14.9 Å². The number of amides is 1. The summed E-state index contributed by atoms with van der Waals surface area (Å²) in [7, 11) is 1.52. The first-order valence-electron chi connectivity index (χ1n) is 7.33. The smallest absolute Gasteiger partial charge is 0.281 e. The van der Waals surface area contributed by atoms with Crippen molar-refractivity contribution in [2.24, 2.45) is 5.10 Å². The van der Waals surface area contributed by atoms with Crippen molar-refractivity contribution in [3.8, 4) is 5.75 Å². The van der Waals surface area contributed by atoms with E-state index in [4.69, 9.17) is 16.3 Å². The van der Waals surface area contributed by atoms with E-state index < -0.39 is 10.8 Å². The molecule has 2 aromatic carbocycles. The quantitative estimate of drug-likeness (QED) is 0.401. The molecule has 0 aliphatic carbocycles. The molecule has 3 rings (SSSR count). The lowest BCUT2D eigenvalue weighted by molar-refractivity contribution is -0.384. The van der Waals surface area contributed by atoms with E-state index >= 15 is 0 Å². The van der Waals surface area contributed by atoms with E-state index in [0.717, 1.165) is 4.70 Å². The third-order valence-electron chi connectivity index (χ3n) is 3.49. The summed E-state index contributed by atoms with van der Waals surface area (Å²) in [5, 5.41) is 15.8. The number of ether oxygens (including phenoxy) is 1. The molecule has 0 bridgehead atoms. The van der Waals surface area contributed by atoms with Crippen LogP contribution in [0, 0.1) is 10.1 Å². The minimum atomic E-state index is -0.471. The van der Waals surface area contributed by atoms with E-state index in [1.54, 1.807) is 30.3 Å². The first-order chi connectivity index (χ1) is 12.5. The van der Waals surface area contributed by atoms with Crippen LogP contribution in [0.2, 0.25) is 5.02 Å². The molecule has 26 heavy (non-hydrogen) atoms. The van der Waals surface area contributed by atoms with Crippen LogP contribution in [0.1, 0.15) is 15.2 Å². The largest absolute Gasteiger partial charge is 0.495 e. The van der Waals surface area contributed by atoms with Crippen LogP contribution < -0.4 is 10.2 Å². The Bertz CT molecular complexity index is 1030. The van der Waals surface area contributed by atoms with Crippen molar-refractivity contribution in [1.29, 1.82) is 0 Å². The van der Waals surface area contributed by atoms with E-state index in [-0.39, 0.29) is 5.69 Å². The van der Waals surface area contributed by atoms with Gasteiger partial charge in [0, 0.05) is 22.2 Å². The number of nitrogens with zero attached hydrogens (tertiary/aromatic N) is 2. The highest BCUT2D eigenvalue weighted by molar-refractivity contribution is 7.20. The van der Waals surface area contributed by atoms with Gasteiger partial charge >= 0.3 is 0 Å². The number of carbonyl (C=O) groups is 1. The molecular weight excluding hydrogens is 378 g/mol. The van der Waals surface area contributed by atoms with Crippen LogP contribution in [0.25, 0.3) is 10.1 Å². The Hall–Kier alpha value is -2.97. The summed E-state index contributed by atoms with van der Waals surface area (Å²) >= 11 is 7.26. The topological polar surface area (TPSA) is 93.8 Å². The Morgan fingerprint density at radius 1 is 1.31 bits per heavy atom. The lowest BCUT2D eigenvalue weighted by Gasteiger charge is -2.02. The van der Waals surface area contributed by atoms with Crippen LogP contribution in [0.5, 0.6) is 5.75 Å². The van der Waals surface area contributed by atoms with Gasteiger partial charge in [0.1, 0.15) is 5.75 Å². The molecule has 1 heterocycles. The van der Waals surface area contributed by atoms with Gasteiger partial charge in [-0.05, 0) is 35.9 Å². The number of non-ortho nitro benzene ring substituents is 1. The fourth-order valence-electron chi connectivity index (χ4n) is 2.24. The molecule has 0 fully saturated rings. The van der Waals surface area contributed by atoms with Gasteiger partial charge in [-0.3, -0.25) is 14.9 Å². The maximum absolute atomic E-state index is 12.2. The summed E-state index contributed by atoms with van der Waals surface area (Å²) in [6.45, 7) is 0. The predicted octanol–water partition coefficient (Wildman–Crippen LogP) is 4.24. The zero-order chi connectivity index (χ0) is 18.7. The van der Waals surface area contributed by atoms with E-state index in [1.807, 2.05) is 0 Å². The molecule has 0 unspecified atom stereocenters. The molecule has 1 aromatic heterocycles. The number of methoxy groups -OCH3 is 1. The number of hydrogen-bond acceptors (Lipinski definition) is 6. The standard InChI is InChI=1S/C17H12ClN3O4S/c1-25-14-4-2-10(6-13(14)18)9-19-20-17(22)16-8-11-7-12(21(23)24)3-5-15(11)26-16/h2-9H,1H3,(H,20,22)/b19-9-. The third-order valence-corrected chi connectivity index (χ3v) is 4.90. The molecule has 0 spiro atoms. The molecular formula is C17H12ClN3O4S. The molecule has 1 amide bonds. The number of benzene rings is 2. The maximum atomic E-state index is 12.2. The number of halogens is 1. The van der Waals surface area contributed by atoms with Gasteiger partial charge in [-0.2, -0.15) is 5.10 Å². The Morgan fingerprint density at radius 2 is 2.12 bits per heavy atom. The second-order valence-corrected chi connectivity index (χ2v) is 6.67. The first-order valence-corrected chi connectivity index (χ1v) is 8.52. The highest BCUT2D eigenvalue weighted by Crippen LogP contribution is 2.29. The molecule has 0 radical (unpaired) electrons. The van der Waals surface area contributed by atoms with Crippen molar-refractivity contribution in [1.82, 2.24) is 5.43 Å². The van der Waals surface area contributed by atoms with Crippen molar-refractivity contribution < 1.29 is 14.5 Å². The summed E-state index contributed by atoms with van der Waals surface area (Å²) in [6, 6.07) is 11.2. The zero-order valence-electron chi connectivity index (χ0n) is 13.4. The second kappa shape index (κ2) is 7.51. The van der Waals surface area contributed by atoms with Gasteiger partial charge in [-0.1, -0.05) is 11.6 Å². The summed E-state index contributed by atoms with van der Waals surface area (Å²) < 4.78 is 5.85. The van der Waals surface area contributed by atoms with E-state index in [2.05, 4.69) is 10.5 Å². The van der Waals surface area contributed by atoms with Crippen LogP contribution in [0.15, 0.2) is 47.6 Å². The van der Waals surface area contributed by atoms with Crippen LogP contribution in [-0.4, -0.2) is 24.2 Å². The van der Waals surface area contributed by atoms with Gasteiger partial charge in [0.15, 0.2) is 0 Å². The number of thiophene rings is 1. The van der Waals surface area contributed by atoms with E-state index in [1.165, 1.54) is 36.8 Å². The molecule has 7 nitrogen and oxygen atoms in total. The van der Waals surface area contributed by atoms with E-state index in [0.29, 0.717) is 26.6 Å². The van der Waals surface area contributed by atoms with Crippen molar-refractivity contribution in [2.45, 2.75) is 0 Å². The minimum Gasteiger partial charge on any atom is -0.495 e. The Morgan fingerprint density at radius 3 is 2.81 bits per heavy atom. The van der Waals surface area contributed by atoms with Crippen molar-refractivity contribution in [3.63, 3.8) is 0 Å². The number of carbonyl (C=O) groups excluding carboxylic acids is 1. The first kappa shape index (κ1) is 17.8. The lowest BCUT2D eigenvalue weighted by Crippen LogP contribution is -2.16. The Labute approximate surface area is 157 Å². The van der Waals surface area contributed by atoms with Crippen molar-refractivity contribution in [3.05, 3.63) is 68.0 Å². The second-order valence-electron chi connectivity index (χ2n) is 5.18. The molecule has 0 aliphatic rings. The normalized spacial score (nSPS) is 11.0. The summed E-state index contributed by atoms with van der Waals surface area (Å²) in [5.41, 5.74) is 3.11. The molecule has 132 valence electrons. The SMILES string of the molecule is COc1ccc(/C=N\NC(=O)c2cc3cc([N+](=O)[O-])ccc3s2)cc1Cl. The Balaban J connectivity index is 1.72. The Kier molecular flexibility index (Phi) is 5.15. The van der Waals surface area contributed by atoms with Crippen molar-refractivity contribution in [2.75, 3.05) is 7.11 Å². The van der Waals surface area contributed by atoms with Gasteiger partial charge in [0.25, 0.3) is 11.6 Å². The molecule has 9 heteroatoms. The molecule has 3 aromatic rings. The molecule has 0 saturated carbocycles. The molecule has 0 aliphatic heterocycles. The summed E-state index contributed by atoms with van der Waals surface area (Å²) in [4.78, 5) is 23.0. The average molecular weight is 390 g/mol. The third kappa shape index (κ3) is 3.81. The molecule has 0 atom stereocenters. The fourth-order valence-corrected chi connectivity index (χ4v) is 3.44. The van der Waals surface area contributed by atoms with Gasteiger partial charge in [-0.15, -0.1) is 11.3 Å². The minimum absolute atomic E-state index is 0.0170. The number of nitrogens with one attached hydrogen (secondary N) is 1. The average Bonchev–Trinajstić information content (AvgIpc) is 3.05. The zero-order valence-corrected chi connectivity index (χ0v) is 15.0. The highest BCUT2D eigenvalue weighted by Gasteiger charge is 2.13.